The number of likely N-dealkylation sites (tertiary alicyclic amines) is 1. The smallest absolute Gasteiger partial charge is 0.248 e. The second-order valence-corrected chi connectivity index (χ2v) is 8.29. The molecule has 5 rings (SSSR count). The number of carbonyl (C=O) groups excluding carboxylic acids is 1. The summed E-state index contributed by atoms with van der Waals surface area (Å²) in [7, 11) is 0. The average molecular weight is 402 g/mol. The van der Waals surface area contributed by atoms with Crippen molar-refractivity contribution < 1.29 is 9.53 Å². The molecule has 0 aliphatic carbocycles. The van der Waals surface area contributed by atoms with Crippen LogP contribution in [-0.4, -0.2) is 52.6 Å². The van der Waals surface area contributed by atoms with Crippen LogP contribution in [0.4, 0.5) is 5.82 Å². The van der Waals surface area contributed by atoms with Crippen LogP contribution in [0.15, 0.2) is 55.0 Å². The predicted octanol–water partition coefficient (Wildman–Crippen LogP) is 3.33. The van der Waals surface area contributed by atoms with Gasteiger partial charge in [0.1, 0.15) is 12.4 Å². The number of amides is 1. The summed E-state index contributed by atoms with van der Waals surface area (Å²) >= 11 is 0. The normalized spacial score (nSPS) is 20.7. The first kappa shape index (κ1) is 19.0. The van der Waals surface area contributed by atoms with Crippen LogP contribution >= 0.6 is 0 Å². The molecule has 2 saturated heterocycles. The number of anilines is 1. The van der Waals surface area contributed by atoms with Crippen molar-refractivity contribution in [3.05, 3.63) is 66.1 Å². The standard InChI is InChI=1S/C24H26N4O2/c1-17-5-8-23(26-11-17)28-20-6-7-21(28)14-27(13-20)24(29)16-30-15-19-4-2-3-18-12-25-10-9-22(18)19/h2-5,8-12,20-21H,6-7,13-16H2,1H3. The quantitative estimate of drug-likeness (QED) is 0.655. The Balaban J connectivity index is 1.19. The van der Waals surface area contributed by atoms with E-state index < -0.39 is 0 Å². The number of pyridine rings is 2. The van der Waals surface area contributed by atoms with Crippen LogP contribution in [0, 0.1) is 6.92 Å². The van der Waals surface area contributed by atoms with Crippen molar-refractivity contribution in [3.63, 3.8) is 0 Å². The molecule has 0 saturated carbocycles. The molecule has 0 spiro atoms. The van der Waals surface area contributed by atoms with E-state index in [9.17, 15) is 4.79 Å². The molecule has 1 amide bonds. The Morgan fingerprint density at radius 2 is 1.93 bits per heavy atom. The van der Waals surface area contributed by atoms with Crippen LogP contribution < -0.4 is 4.90 Å². The molecule has 6 nitrogen and oxygen atoms in total. The van der Waals surface area contributed by atoms with E-state index >= 15 is 0 Å². The van der Waals surface area contributed by atoms with Gasteiger partial charge in [-0.3, -0.25) is 9.78 Å². The molecule has 4 heterocycles. The van der Waals surface area contributed by atoms with Gasteiger partial charge in [0.05, 0.1) is 6.61 Å². The maximum atomic E-state index is 12.8. The molecule has 2 aliphatic heterocycles. The van der Waals surface area contributed by atoms with Crippen molar-refractivity contribution in [2.24, 2.45) is 0 Å². The van der Waals surface area contributed by atoms with Gasteiger partial charge in [-0.25, -0.2) is 4.98 Å². The van der Waals surface area contributed by atoms with Gasteiger partial charge in [0.15, 0.2) is 0 Å². The number of ether oxygens (including phenoxy) is 1. The van der Waals surface area contributed by atoms with Gasteiger partial charge in [0.2, 0.25) is 5.91 Å². The van der Waals surface area contributed by atoms with E-state index in [1.54, 1.807) is 6.20 Å². The summed E-state index contributed by atoms with van der Waals surface area (Å²) in [4.78, 5) is 26.0. The molecule has 3 aromatic rings. The Labute approximate surface area is 176 Å². The van der Waals surface area contributed by atoms with E-state index in [0.717, 1.165) is 48.1 Å². The monoisotopic (exact) mass is 402 g/mol. The highest BCUT2D eigenvalue weighted by Gasteiger charge is 2.41. The first-order valence-electron chi connectivity index (χ1n) is 10.6. The van der Waals surface area contributed by atoms with Crippen LogP contribution in [0.1, 0.15) is 24.0 Å². The molecule has 1 aromatic carbocycles. The third-order valence-corrected chi connectivity index (χ3v) is 6.25. The molecule has 0 radical (unpaired) electrons. The van der Waals surface area contributed by atoms with Gasteiger partial charge in [-0.1, -0.05) is 24.3 Å². The molecule has 0 N–H and O–H groups in total. The number of aromatic nitrogens is 2. The van der Waals surface area contributed by atoms with Crippen molar-refractivity contribution in [1.82, 2.24) is 14.9 Å². The van der Waals surface area contributed by atoms with Crippen LogP contribution in [0.2, 0.25) is 0 Å². The molecular formula is C24H26N4O2. The molecule has 2 aliphatic rings. The lowest BCUT2D eigenvalue weighted by atomic mass is 10.1. The Morgan fingerprint density at radius 3 is 2.70 bits per heavy atom. The van der Waals surface area contributed by atoms with Crippen molar-refractivity contribution >= 4 is 22.5 Å². The summed E-state index contributed by atoms with van der Waals surface area (Å²) in [6.45, 7) is 4.08. The molecule has 2 fully saturated rings. The number of piperazine rings is 1. The van der Waals surface area contributed by atoms with E-state index in [0.29, 0.717) is 18.7 Å². The Hall–Kier alpha value is -2.99. The highest BCUT2D eigenvalue weighted by atomic mass is 16.5. The number of nitrogens with zero attached hydrogens (tertiary/aromatic N) is 4. The van der Waals surface area contributed by atoms with Crippen LogP contribution in [0.25, 0.3) is 10.8 Å². The number of fused-ring (bicyclic) bond motifs is 3. The zero-order chi connectivity index (χ0) is 20.5. The molecule has 2 atom stereocenters. The lowest BCUT2D eigenvalue weighted by molar-refractivity contribution is -0.137. The van der Waals surface area contributed by atoms with Crippen molar-refractivity contribution in [1.29, 1.82) is 0 Å². The van der Waals surface area contributed by atoms with E-state index in [1.165, 1.54) is 5.56 Å². The largest absolute Gasteiger partial charge is 0.367 e. The summed E-state index contributed by atoms with van der Waals surface area (Å²) < 4.78 is 5.82. The molecular weight excluding hydrogens is 376 g/mol. The molecule has 30 heavy (non-hydrogen) atoms. The summed E-state index contributed by atoms with van der Waals surface area (Å²) in [6, 6.07) is 13.0. The molecule has 154 valence electrons. The van der Waals surface area contributed by atoms with Crippen LogP contribution in [-0.2, 0) is 16.1 Å². The highest BCUT2D eigenvalue weighted by molar-refractivity contribution is 5.84. The molecule has 2 aromatic heterocycles. The van der Waals surface area contributed by atoms with E-state index in [1.807, 2.05) is 41.6 Å². The molecule has 6 heteroatoms. The first-order valence-corrected chi connectivity index (χ1v) is 10.6. The predicted molar refractivity (Wildman–Crippen MR) is 116 cm³/mol. The van der Waals surface area contributed by atoms with Crippen LogP contribution in [0.3, 0.4) is 0 Å². The lowest BCUT2D eigenvalue weighted by Gasteiger charge is -2.41. The summed E-state index contributed by atoms with van der Waals surface area (Å²) in [5.41, 5.74) is 2.25. The second-order valence-electron chi connectivity index (χ2n) is 8.29. The number of hydrogen-bond acceptors (Lipinski definition) is 5. The average Bonchev–Trinajstić information content (AvgIpc) is 3.03. The number of benzene rings is 1. The van der Waals surface area contributed by atoms with Gasteiger partial charge < -0.3 is 14.5 Å². The fourth-order valence-electron chi connectivity index (χ4n) is 4.75. The number of carbonyl (C=O) groups is 1. The minimum absolute atomic E-state index is 0.0744. The highest BCUT2D eigenvalue weighted by Crippen LogP contribution is 2.34. The van der Waals surface area contributed by atoms with E-state index in [4.69, 9.17) is 4.74 Å². The first-order chi connectivity index (χ1) is 14.7. The van der Waals surface area contributed by atoms with Crippen LogP contribution in [0.5, 0.6) is 0 Å². The molecule has 2 bridgehead atoms. The maximum absolute atomic E-state index is 12.8. The number of hydrogen-bond donors (Lipinski definition) is 0. The van der Waals surface area contributed by atoms with Gasteiger partial charge in [0, 0.05) is 49.1 Å². The van der Waals surface area contributed by atoms with Crippen molar-refractivity contribution in [2.75, 3.05) is 24.6 Å². The maximum Gasteiger partial charge on any atom is 0.248 e. The van der Waals surface area contributed by atoms with Gasteiger partial charge in [0.25, 0.3) is 0 Å². The Bertz CT molecular complexity index is 1030. The third-order valence-electron chi connectivity index (χ3n) is 6.25. The third kappa shape index (κ3) is 3.63. The number of rotatable bonds is 5. The fraction of sp³-hybridized carbons (Fsp3) is 0.375. The minimum atomic E-state index is 0.0744. The van der Waals surface area contributed by atoms with Crippen molar-refractivity contribution in [2.45, 2.75) is 38.5 Å². The van der Waals surface area contributed by atoms with E-state index in [2.05, 4.69) is 33.9 Å². The number of aryl methyl sites for hydroxylation is 1. The zero-order valence-electron chi connectivity index (χ0n) is 17.2. The SMILES string of the molecule is Cc1ccc(N2C3CCC2CN(C(=O)COCc2cccc4cnccc24)C3)nc1. The van der Waals surface area contributed by atoms with Gasteiger partial charge in [-0.2, -0.15) is 0 Å². The summed E-state index contributed by atoms with van der Waals surface area (Å²) in [6.07, 6.45) is 7.77. The van der Waals surface area contributed by atoms with Gasteiger partial charge in [-0.05, 0) is 48.4 Å². The summed E-state index contributed by atoms with van der Waals surface area (Å²) in [5.74, 6) is 1.10. The Morgan fingerprint density at radius 1 is 1.10 bits per heavy atom. The fourth-order valence-corrected chi connectivity index (χ4v) is 4.75. The van der Waals surface area contributed by atoms with Gasteiger partial charge in [-0.15, -0.1) is 0 Å². The van der Waals surface area contributed by atoms with Crippen molar-refractivity contribution in [3.8, 4) is 0 Å². The summed E-state index contributed by atoms with van der Waals surface area (Å²) in [5, 5.41) is 2.21. The minimum Gasteiger partial charge on any atom is -0.367 e. The zero-order valence-corrected chi connectivity index (χ0v) is 17.2. The van der Waals surface area contributed by atoms with E-state index in [-0.39, 0.29) is 12.5 Å². The second kappa shape index (κ2) is 8.03. The topological polar surface area (TPSA) is 58.6 Å². The molecule has 2 unspecified atom stereocenters. The Kier molecular flexibility index (Phi) is 5.09. The van der Waals surface area contributed by atoms with Gasteiger partial charge >= 0.3 is 0 Å². The lowest BCUT2D eigenvalue weighted by Crippen LogP contribution is -2.56.